The van der Waals surface area contributed by atoms with E-state index in [1.54, 1.807) is 5.57 Å². The van der Waals surface area contributed by atoms with E-state index in [1.807, 2.05) is 0 Å². The Kier molecular flexibility index (Phi) is 2.43. The first-order chi connectivity index (χ1) is 7.72. The molecule has 0 bridgehead atoms. The van der Waals surface area contributed by atoms with Gasteiger partial charge in [-0.05, 0) is 38.7 Å². The van der Waals surface area contributed by atoms with Crippen LogP contribution in [0.25, 0.3) is 0 Å². The van der Waals surface area contributed by atoms with E-state index in [9.17, 15) is 0 Å². The summed E-state index contributed by atoms with van der Waals surface area (Å²) < 4.78 is 0. The van der Waals surface area contributed by atoms with Gasteiger partial charge >= 0.3 is 0 Å². The second-order valence-corrected chi connectivity index (χ2v) is 5.45. The number of rotatable bonds is 0. The second kappa shape index (κ2) is 3.81. The van der Waals surface area contributed by atoms with Crippen LogP contribution in [0.2, 0.25) is 0 Å². The molecule has 0 aromatic rings. The van der Waals surface area contributed by atoms with Gasteiger partial charge in [-0.1, -0.05) is 11.6 Å². The van der Waals surface area contributed by atoms with Gasteiger partial charge in [0.25, 0.3) is 0 Å². The quantitative estimate of drug-likeness (QED) is 0.540. The lowest BCUT2D eigenvalue weighted by atomic mass is 9.85. The Bertz CT molecular complexity index is 356. The highest BCUT2D eigenvalue weighted by atomic mass is 15.2. The van der Waals surface area contributed by atoms with Crippen molar-refractivity contribution in [1.82, 2.24) is 16.0 Å². The monoisotopic (exact) mass is 219 g/mol. The molecule has 3 aliphatic rings. The van der Waals surface area contributed by atoms with Gasteiger partial charge in [0.1, 0.15) is 0 Å². The Morgan fingerprint density at radius 2 is 2.19 bits per heavy atom. The highest BCUT2D eigenvalue weighted by molar-refractivity contribution is 5.25. The van der Waals surface area contributed by atoms with Crippen LogP contribution in [0.15, 0.2) is 23.0 Å². The standard InChI is InChI=1S/C13H21N3/c1-8-5-11-6-10-4-3-9(2)15-13(10)16-12(11)14-7-8/h5,9,11-12,14-16H,3-4,6-7H2,1-2H3. The van der Waals surface area contributed by atoms with E-state index in [4.69, 9.17) is 0 Å². The van der Waals surface area contributed by atoms with Gasteiger partial charge in [-0.25, -0.2) is 0 Å². The summed E-state index contributed by atoms with van der Waals surface area (Å²) in [6.45, 7) is 5.50. The third-order valence-electron chi connectivity index (χ3n) is 3.93. The Morgan fingerprint density at radius 3 is 3.06 bits per heavy atom. The molecule has 3 atom stereocenters. The molecular weight excluding hydrogens is 198 g/mol. The molecule has 0 aromatic heterocycles. The lowest BCUT2D eigenvalue weighted by Crippen LogP contribution is -2.56. The first-order valence-electron chi connectivity index (χ1n) is 6.38. The minimum atomic E-state index is 0.431. The van der Waals surface area contributed by atoms with E-state index < -0.39 is 0 Å². The number of hydrogen-bond acceptors (Lipinski definition) is 3. The van der Waals surface area contributed by atoms with E-state index in [2.05, 4.69) is 35.9 Å². The van der Waals surface area contributed by atoms with Crippen LogP contribution in [0.3, 0.4) is 0 Å². The number of allylic oxidation sites excluding steroid dienone is 1. The molecule has 0 fully saturated rings. The van der Waals surface area contributed by atoms with Crippen molar-refractivity contribution in [1.29, 1.82) is 0 Å². The van der Waals surface area contributed by atoms with Crippen molar-refractivity contribution in [3.8, 4) is 0 Å². The summed E-state index contributed by atoms with van der Waals surface area (Å²) in [5.74, 6) is 1.95. The molecule has 0 amide bonds. The van der Waals surface area contributed by atoms with Crippen LogP contribution in [0.5, 0.6) is 0 Å². The van der Waals surface area contributed by atoms with Gasteiger partial charge in [-0.3, -0.25) is 5.32 Å². The zero-order valence-electron chi connectivity index (χ0n) is 10.1. The normalized spacial score (nSPS) is 37.9. The molecule has 3 heterocycles. The molecule has 3 rings (SSSR count). The average Bonchev–Trinajstić information content (AvgIpc) is 2.26. The fourth-order valence-corrected chi connectivity index (χ4v) is 3.00. The van der Waals surface area contributed by atoms with E-state index in [0.717, 1.165) is 6.54 Å². The third-order valence-corrected chi connectivity index (χ3v) is 3.93. The van der Waals surface area contributed by atoms with Crippen molar-refractivity contribution >= 4 is 0 Å². The molecule has 0 aromatic carbocycles. The van der Waals surface area contributed by atoms with Crippen molar-refractivity contribution < 1.29 is 0 Å². The highest BCUT2D eigenvalue weighted by Crippen LogP contribution is 2.31. The maximum Gasteiger partial charge on any atom is 0.0992 e. The summed E-state index contributed by atoms with van der Waals surface area (Å²) in [7, 11) is 0. The van der Waals surface area contributed by atoms with Crippen LogP contribution < -0.4 is 16.0 Å². The molecule has 0 saturated carbocycles. The Balaban J connectivity index is 1.82. The van der Waals surface area contributed by atoms with Crippen LogP contribution in [-0.2, 0) is 0 Å². The van der Waals surface area contributed by atoms with Gasteiger partial charge in [0.2, 0.25) is 0 Å². The largest absolute Gasteiger partial charge is 0.369 e. The topological polar surface area (TPSA) is 36.1 Å². The molecule has 0 radical (unpaired) electrons. The van der Waals surface area contributed by atoms with Crippen LogP contribution in [0.1, 0.15) is 33.1 Å². The molecule has 0 spiro atoms. The molecule has 3 N–H and O–H groups in total. The van der Waals surface area contributed by atoms with Crippen LogP contribution in [-0.4, -0.2) is 18.8 Å². The molecule has 3 heteroatoms. The summed E-state index contributed by atoms with van der Waals surface area (Å²) in [6.07, 6.45) is 6.62. The van der Waals surface area contributed by atoms with E-state index in [-0.39, 0.29) is 0 Å². The zero-order chi connectivity index (χ0) is 11.1. The second-order valence-electron chi connectivity index (χ2n) is 5.45. The number of fused-ring (bicyclic) bond motifs is 1. The van der Waals surface area contributed by atoms with Gasteiger partial charge in [-0.2, -0.15) is 0 Å². The number of nitrogens with one attached hydrogen (secondary N) is 3. The van der Waals surface area contributed by atoms with Crippen molar-refractivity contribution in [3.63, 3.8) is 0 Å². The average molecular weight is 219 g/mol. The summed E-state index contributed by atoms with van der Waals surface area (Å²) in [5.41, 5.74) is 3.07. The Labute approximate surface area is 97.4 Å². The van der Waals surface area contributed by atoms with E-state index in [1.165, 1.54) is 30.7 Å². The molecule has 3 nitrogen and oxygen atoms in total. The highest BCUT2D eigenvalue weighted by Gasteiger charge is 2.32. The summed E-state index contributed by atoms with van der Waals surface area (Å²) in [6, 6.07) is 0.615. The molecule has 88 valence electrons. The molecule has 3 aliphatic heterocycles. The smallest absolute Gasteiger partial charge is 0.0992 e. The fourth-order valence-electron chi connectivity index (χ4n) is 3.00. The number of hydrogen-bond donors (Lipinski definition) is 3. The summed E-state index contributed by atoms with van der Waals surface area (Å²) in [5, 5.41) is 10.8. The molecule has 3 unspecified atom stereocenters. The van der Waals surface area contributed by atoms with Gasteiger partial charge in [-0.15, -0.1) is 0 Å². The lowest BCUT2D eigenvalue weighted by molar-refractivity contribution is 0.301. The van der Waals surface area contributed by atoms with Crippen LogP contribution in [0, 0.1) is 5.92 Å². The van der Waals surface area contributed by atoms with Gasteiger partial charge in [0, 0.05) is 18.5 Å². The van der Waals surface area contributed by atoms with E-state index in [0.29, 0.717) is 18.1 Å². The molecular formula is C13H21N3. The third kappa shape index (κ3) is 1.73. The van der Waals surface area contributed by atoms with Crippen molar-refractivity contribution in [3.05, 3.63) is 23.0 Å². The first kappa shape index (κ1) is 10.2. The van der Waals surface area contributed by atoms with Crippen molar-refractivity contribution in [2.24, 2.45) is 5.92 Å². The fraction of sp³-hybridized carbons (Fsp3) is 0.692. The molecule has 0 aliphatic carbocycles. The molecule has 16 heavy (non-hydrogen) atoms. The Hall–Kier alpha value is -0.960. The van der Waals surface area contributed by atoms with Gasteiger partial charge in [0.15, 0.2) is 0 Å². The van der Waals surface area contributed by atoms with Crippen LogP contribution >= 0.6 is 0 Å². The first-order valence-corrected chi connectivity index (χ1v) is 6.38. The SMILES string of the molecule is CC1=CC2CC3=C(NC(C)CC3)NC2NC1. The minimum Gasteiger partial charge on any atom is -0.369 e. The summed E-state index contributed by atoms with van der Waals surface area (Å²) >= 11 is 0. The maximum atomic E-state index is 3.62. The molecule has 0 saturated heterocycles. The van der Waals surface area contributed by atoms with Crippen LogP contribution in [0.4, 0.5) is 0 Å². The summed E-state index contributed by atoms with van der Waals surface area (Å²) in [4.78, 5) is 0. The lowest BCUT2D eigenvalue weighted by Gasteiger charge is -2.41. The van der Waals surface area contributed by atoms with E-state index >= 15 is 0 Å². The zero-order valence-corrected chi connectivity index (χ0v) is 10.1. The van der Waals surface area contributed by atoms with Crippen molar-refractivity contribution in [2.75, 3.05) is 6.54 Å². The Morgan fingerprint density at radius 1 is 1.31 bits per heavy atom. The van der Waals surface area contributed by atoms with Gasteiger partial charge < -0.3 is 10.6 Å². The maximum absolute atomic E-state index is 3.62. The van der Waals surface area contributed by atoms with Gasteiger partial charge in [0.05, 0.1) is 12.0 Å². The predicted molar refractivity (Wildman–Crippen MR) is 65.6 cm³/mol. The van der Waals surface area contributed by atoms with Crippen molar-refractivity contribution in [2.45, 2.75) is 45.3 Å². The predicted octanol–water partition coefficient (Wildman–Crippen LogP) is 1.45. The minimum absolute atomic E-state index is 0.431.